The Labute approximate surface area is 153 Å². The van der Waals surface area contributed by atoms with Crippen LogP contribution in [0.4, 0.5) is 26.5 Å². The lowest BCUT2D eigenvalue weighted by Gasteiger charge is -2.59. The summed E-state index contributed by atoms with van der Waals surface area (Å²) in [6.45, 7) is 1.75. The van der Waals surface area contributed by atoms with Crippen LogP contribution in [0.5, 0.6) is 0 Å². The summed E-state index contributed by atoms with van der Waals surface area (Å²) in [6.07, 6.45) is 3.36. The molecule has 2 aromatic heterocycles. The van der Waals surface area contributed by atoms with Crippen molar-refractivity contribution >= 4 is 17.7 Å². The number of piperidine rings is 1. The largest absolute Gasteiger partial charge is 0.372 e. The second kappa shape index (κ2) is 5.00. The van der Waals surface area contributed by atoms with Gasteiger partial charge in [-0.2, -0.15) is 4.98 Å². The highest BCUT2D eigenvalue weighted by Crippen LogP contribution is 2.53. The number of hydrogen-bond acceptors (Lipinski definition) is 8. The van der Waals surface area contributed by atoms with Crippen LogP contribution in [0.2, 0.25) is 0 Å². The number of nitrogens with zero attached hydrogens (tertiary/aromatic N) is 6. The van der Waals surface area contributed by atoms with Crippen molar-refractivity contribution in [2.24, 2.45) is 5.92 Å². The predicted molar refractivity (Wildman–Crippen MR) is 92.5 cm³/mol. The molecule has 2 aromatic rings. The monoisotopic (exact) mass is 373 g/mol. The Balaban J connectivity index is 1.36. The van der Waals surface area contributed by atoms with Crippen LogP contribution in [0.25, 0.3) is 11.3 Å². The van der Waals surface area contributed by atoms with E-state index < -0.39 is 11.8 Å². The molecule has 6 rings (SSSR count). The van der Waals surface area contributed by atoms with Crippen molar-refractivity contribution in [1.82, 2.24) is 19.9 Å². The fraction of sp³-hybridized carbons (Fsp3) is 0.529. The molecule has 0 amide bonds. The molecule has 0 spiro atoms. The lowest BCUT2D eigenvalue weighted by atomic mass is 9.68. The Bertz CT molecular complexity index is 924. The maximum absolute atomic E-state index is 13.6. The number of fused-ring (bicyclic) bond motifs is 2. The average Bonchev–Trinajstić information content (AvgIpc) is 2.62. The van der Waals surface area contributed by atoms with E-state index in [1.54, 1.807) is 12.4 Å². The topological polar surface area (TPSA) is 93.3 Å². The van der Waals surface area contributed by atoms with E-state index in [0.29, 0.717) is 29.9 Å². The van der Waals surface area contributed by atoms with Crippen molar-refractivity contribution in [2.45, 2.75) is 30.5 Å². The minimum Gasteiger partial charge on any atom is -0.372 e. The van der Waals surface area contributed by atoms with E-state index in [9.17, 15) is 8.78 Å². The first-order chi connectivity index (χ1) is 13.0. The Morgan fingerprint density at radius 3 is 2.48 bits per heavy atom. The van der Waals surface area contributed by atoms with Gasteiger partial charge < -0.3 is 20.3 Å². The molecule has 3 aliphatic heterocycles. The second-order valence-electron chi connectivity index (χ2n) is 7.62. The van der Waals surface area contributed by atoms with Gasteiger partial charge in [0.1, 0.15) is 5.82 Å². The zero-order valence-electron chi connectivity index (χ0n) is 14.3. The van der Waals surface area contributed by atoms with Gasteiger partial charge in [-0.25, -0.2) is 23.7 Å². The van der Waals surface area contributed by atoms with Gasteiger partial charge in [-0.1, -0.05) is 0 Å². The van der Waals surface area contributed by atoms with Crippen LogP contribution >= 0.6 is 0 Å². The molecule has 4 fully saturated rings. The molecule has 2 unspecified atom stereocenters. The minimum absolute atomic E-state index is 0.131. The molecule has 10 heteroatoms. The summed E-state index contributed by atoms with van der Waals surface area (Å²) in [5.74, 6) is -1.68. The van der Waals surface area contributed by atoms with Gasteiger partial charge in [0.05, 0.1) is 30.4 Å². The van der Waals surface area contributed by atoms with E-state index in [1.807, 2.05) is 11.0 Å². The molecule has 27 heavy (non-hydrogen) atoms. The van der Waals surface area contributed by atoms with Crippen molar-refractivity contribution in [3.8, 4) is 11.3 Å². The van der Waals surface area contributed by atoms with Gasteiger partial charge in [-0.15, -0.1) is 0 Å². The maximum atomic E-state index is 13.6. The number of morpholine rings is 1. The van der Waals surface area contributed by atoms with E-state index in [1.165, 1.54) is 0 Å². The number of rotatable bonds is 3. The summed E-state index contributed by atoms with van der Waals surface area (Å²) in [7, 11) is 0. The second-order valence-corrected chi connectivity index (χ2v) is 7.62. The number of hydrogen-bond donors (Lipinski definition) is 1. The van der Waals surface area contributed by atoms with E-state index >= 15 is 0 Å². The predicted octanol–water partition coefficient (Wildman–Crippen LogP) is 0.947. The molecule has 2 N–H and O–H groups in total. The quantitative estimate of drug-likeness (QED) is 0.850. The fourth-order valence-corrected chi connectivity index (χ4v) is 4.27. The Hall–Kier alpha value is -2.62. The van der Waals surface area contributed by atoms with Crippen molar-refractivity contribution in [1.29, 1.82) is 0 Å². The first-order valence-electron chi connectivity index (χ1n) is 8.99. The first kappa shape index (κ1) is 15.4. The molecule has 5 heterocycles. The SMILES string of the molecule is Nc1ncc(-c2cc(N3CC4OC[C@H]43)nc(N3CC4[C@@H]3CC4(F)F)n2)cn1. The van der Waals surface area contributed by atoms with Gasteiger partial charge in [-0.05, 0) is 0 Å². The molecule has 1 saturated carbocycles. The van der Waals surface area contributed by atoms with E-state index in [2.05, 4.69) is 24.8 Å². The van der Waals surface area contributed by atoms with E-state index in [-0.39, 0.29) is 31.1 Å². The molecule has 0 bridgehead atoms. The molecule has 1 aliphatic carbocycles. The molecule has 4 atom stereocenters. The minimum atomic E-state index is -2.56. The number of ether oxygens (including phenoxy) is 1. The van der Waals surface area contributed by atoms with Gasteiger partial charge in [0, 0.05) is 49.6 Å². The Morgan fingerprint density at radius 1 is 1.11 bits per heavy atom. The smallest absolute Gasteiger partial charge is 0.256 e. The number of anilines is 3. The first-order valence-corrected chi connectivity index (χ1v) is 8.99. The molecule has 0 aromatic carbocycles. The van der Waals surface area contributed by atoms with Crippen molar-refractivity contribution < 1.29 is 13.5 Å². The third kappa shape index (κ3) is 2.10. The normalized spacial score (nSPS) is 32.4. The van der Waals surface area contributed by atoms with Crippen LogP contribution in [0.3, 0.4) is 0 Å². The Morgan fingerprint density at radius 2 is 1.93 bits per heavy atom. The maximum Gasteiger partial charge on any atom is 0.256 e. The van der Waals surface area contributed by atoms with Crippen molar-refractivity contribution in [3.63, 3.8) is 0 Å². The Kier molecular flexibility index (Phi) is 2.86. The van der Waals surface area contributed by atoms with Gasteiger partial charge in [-0.3, -0.25) is 0 Å². The zero-order valence-corrected chi connectivity index (χ0v) is 14.3. The van der Waals surface area contributed by atoms with Crippen molar-refractivity contribution in [2.75, 3.05) is 35.2 Å². The third-order valence-electron chi connectivity index (χ3n) is 6.19. The molecular formula is C17H17F2N7O. The summed E-state index contributed by atoms with van der Waals surface area (Å²) >= 11 is 0. The summed E-state index contributed by atoms with van der Waals surface area (Å²) in [6, 6.07) is 2.04. The van der Waals surface area contributed by atoms with Gasteiger partial charge in [0.15, 0.2) is 0 Å². The van der Waals surface area contributed by atoms with Crippen LogP contribution in [-0.2, 0) is 4.74 Å². The van der Waals surface area contributed by atoms with Gasteiger partial charge in [0.25, 0.3) is 5.92 Å². The van der Waals surface area contributed by atoms with Gasteiger partial charge >= 0.3 is 0 Å². The molecule has 140 valence electrons. The zero-order chi connectivity index (χ0) is 18.3. The highest BCUT2D eigenvalue weighted by Gasteiger charge is 2.65. The molecular weight excluding hydrogens is 356 g/mol. The summed E-state index contributed by atoms with van der Waals surface area (Å²) in [5, 5.41) is 0. The highest BCUT2D eigenvalue weighted by atomic mass is 19.3. The number of halogens is 2. The number of nitrogen functional groups attached to an aromatic ring is 1. The number of aromatic nitrogens is 4. The fourth-order valence-electron chi connectivity index (χ4n) is 4.27. The van der Waals surface area contributed by atoms with Crippen molar-refractivity contribution in [3.05, 3.63) is 18.5 Å². The molecule has 3 saturated heterocycles. The lowest BCUT2D eigenvalue weighted by molar-refractivity contribution is -0.172. The number of nitrogens with two attached hydrogens (primary N) is 1. The third-order valence-corrected chi connectivity index (χ3v) is 6.19. The van der Waals surface area contributed by atoms with Gasteiger partial charge in [0.2, 0.25) is 11.9 Å². The van der Waals surface area contributed by atoms with E-state index in [4.69, 9.17) is 10.5 Å². The highest BCUT2D eigenvalue weighted by molar-refractivity contribution is 5.66. The summed E-state index contributed by atoms with van der Waals surface area (Å²) in [5.41, 5.74) is 6.95. The lowest BCUT2D eigenvalue weighted by Crippen LogP contribution is -2.73. The average molecular weight is 373 g/mol. The van der Waals surface area contributed by atoms with Crippen LogP contribution < -0.4 is 15.5 Å². The van der Waals surface area contributed by atoms with Crippen LogP contribution in [0, 0.1) is 5.92 Å². The van der Waals surface area contributed by atoms with E-state index in [0.717, 1.165) is 12.4 Å². The molecule has 8 nitrogen and oxygen atoms in total. The number of alkyl halides is 2. The summed E-state index contributed by atoms with van der Waals surface area (Å²) in [4.78, 5) is 21.4. The standard InChI is InChI=1S/C17H17F2N7O/c18-17(19)2-11-9(17)5-26(11)16-23-10(8-3-21-15(20)22-4-8)1-14(24-16)25-6-13-12(25)7-27-13/h1,3-4,9,11-13H,2,5-7H2,(H2,20,21,22)/t9?,11-,12+,13?/m0/s1. The molecule has 4 aliphatic rings. The van der Waals surface area contributed by atoms with Crippen LogP contribution in [0.1, 0.15) is 6.42 Å². The van der Waals surface area contributed by atoms with Crippen LogP contribution in [0.15, 0.2) is 18.5 Å². The molecule has 0 radical (unpaired) electrons. The van der Waals surface area contributed by atoms with Crippen LogP contribution in [-0.4, -0.2) is 63.7 Å². The summed E-state index contributed by atoms with van der Waals surface area (Å²) < 4.78 is 32.6.